The highest BCUT2D eigenvalue weighted by atomic mass is 35.5. The lowest BCUT2D eigenvalue weighted by Gasteiger charge is -2.10. The van der Waals surface area contributed by atoms with Crippen molar-refractivity contribution in [3.8, 4) is 0 Å². The van der Waals surface area contributed by atoms with E-state index in [9.17, 15) is 12.8 Å². The molecule has 0 unspecified atom stereocenters. The number of nitrogens with one attached hydrogen (secondary N) is 1. The molecule has 0 saturated heterocycles. The van der Waals surface area contributed by atoms with Gasteiger partial charge >= 0.3 is 3.92 Å². The summed E-state index contributed by atoms with van der Waals surface area (Å²) in [6, 6.07) is 6.06. The van der Waals surface area contributed by atoms with Gasteiger partial charge in [0, 0.05) is 11.9 Å². The standard InChI is InChI=1S/C8H8Cl2FNO2S2/c1-6-2-4-7(5-3-6)16(13,14)12-15-8(9,10)11/h2-5,12H,1H3. The first-order valence-corrected chi connectivity index (χ1v) is 7.09. The summed E-state index contributed by atoms with van der Waals surface area (Å²) in [6.07, 6.45) is 0. The van der Waals surface area contributed by atoms with Crippen molar-refractivity contribution >= 4 is 45.2 Å². The molecule has 1 aromatic carbocycles. The van der Waals surface area contributed by atoms with Gasteiger partial charge in [-0.25, -0.2) is 8.42 Å². The number of benzene rings is 1. The molecule has 0 aliphatic heterocycles. The average molecular weight is 304 g/mol. The molecule has 0 aliphatic rings. The lowest BCUT2D eigenvalue weighted by Crippen LogP contribution is -2.20. The summed E-state index contributed by atoms with van der Waals surface area (Å²) in [5.41, 5.74) is 0.918. The summed E-state index contributed by atoms with van der Waals surface area (Å²) in [6.45, 7) is 1.82. The maximum Gasteiger partial charge on any atom is 0.319 e. The number of halogens is 3. The topological polar surface area (TPSA) is 46.2 Å². The number of hydrogen-bond donors (Lipinski definition) is 1. The second-order valence-corrected chi connectivity index (χ2v) is 7.54. The molecule has 16 heavy (non-hydrogen) atoms. The maximum absolute atomic E-state index is 12.7. The van der Waals surface area contributed by atoms with Gasteiger partial charge in [0.15, 0.2) is 0 Å². The second-order valence-electron chi connectivity index (χ2n) is 2.95. The quantitative estimate of drug-likeness (QED) is 0.687. The van der Waals surface area contributed by atoms with Crippen LogP contribution in [0.15, 0.2) is 29.2 Å². The minimum absolute atomic E-state index is 0.0168. The molecular formula is C8H8Cl2FNO2S2. The largest absolute Gasteiger partial charge is 0.319 e. The molecule has 1 N–H and O–H groups in total. The summed E-state index contributed by atoms with van der Waals surface area (Å²) < 4.78 is 35.0. The zero-order chi connectivity index (χ0) is 12.4. The van der Waals surface area contributed by atoms with Crippen LogP contribution in [-0.4, -0.2) is 12.3 Å². The van der Waals surface area contributed by atoms with Crippen LogP contribution in [0, 0.1) is 6.92 Å². The van der Waals surface area contributed by atoms with Crippen LogP contribution in [0.2, 0.25) is 0 Å². The normalized spacial score (nSPS) is 12.8. The van der Waals surface area contributed by atoms with Crippen LogP contribution in [0.4, 0.5) is 4.39 Å². The first kappa shape index (κ1) is 14.1. The Hall–Kier alpha value is -0.0100. The van der Waals surface area contributed by atoms with Crippen molar-refractivity contribution < 1.29 is 12.8 Å². The molecule has 0 saturated carbocycles. The van der Waals surface area contributed by atoms with Crippen molar-refractivity contribution in [1.29, 1.82) is 0 Å². The second kappa shape index (κ2) is 5.10. The van der Waals surface area contributed by atoms with E-state index in [2.05, 4.69) is 0 Å². The van der Waals surface area contributed by atoms with Crippen molar-refractivity contribution in [2.75, 3.05) is 0 Å². The fourth-order valence-electron chi connectivity index (χ4n) is 0.868. The van der Waals surface area contributed by atoms with E-state index >= 15 is 0 Å². The fourth-order valence-corrected chi connectivity index (χ4v) is 3.13. The number of aryl methyl sites for hydroxylation is 1. The van der Waals surface area contributed by atoms with Gasteiger partial charge in [-0.05, 0) is 19.1 Å². The Labute approximate surface area is 108 Å². The van der Waals surface area contributed by atoms with E-state index < -0.39 is 13.9 Å². The van der Waals surface area contributed by atoms with Crippen molar-refractivity contribution in [3.05, 3.63) is 29.8 Å². The van der Waals surface area contributed by atoms with Crippen LogP contribution >= 0.6 is 35.1 Å². The average Bonchev–Trinajstić information content (AvgIpc) is 2.15. The molecule has 3 nitrogen and oxygen atoms in total. The molecular weight excluding hydrogens is 296 g/mol. The molecule has 0 fully saturated rings. The summed E-state index contributed by atoms with van der Waals surface area (Å²) in [4.78, 5) is 0.0168. The van der Waals surface area contributed by atoms with Gasteiger partial charge in [0.25, 0.3) is 0 Å². The van der Waals surface area contributed by atoms with Crippen LogP contribution in [0.25, 0.3) is 0 Å². The number of hydrogen-bond acceptors (Lipinski definition) is 3. The van der Waals surface area contributed by atoms with Crippen molar-refractivity contribution in [2.24, 2.45) is 0 Å². The van der Waals surface area contributed by atoms with Gasteiger partial charge in [0.2, 0.25) is 10.0 Å². The smallest absolute Gasteiger partial charge is 0.206 e. The van der Waals surface area contributed by atoms with Gasteiger partial charge in [-0.2, -0.15) is 4.39 Å². The number of rotatable bonds is 4. The first-order chi connectivity index (χ1) is 7.21. The zero-order valence-electron chi connectivity index (χ0n) is 8.08. The molecule has 1 rings (SSSR count). The molecule has 0 radical (unpaired) electrons. The molecule has 0 aromatic heterocycles. The van der Waals surface area contributed by atoms with Crippen LogP contribution in [0.5, 0.6) is 0 Å². The third-order valence-electron chi connectivity index (χ3n) is 1.60. The minimum Gasteiger partial charge on any atom is -0.206 e. The summed E-state index contributed by atoms with van der Waals surface area (Å²) in [5.74, 6) is 0. The minimum atomic E-state index is -3.81. The Bertz CT molecular complexity index is 456. The summed E-state index contributed by atoms with van der Waals surface area (Å²) in [7, 11) is -3.81. The number of sulfonamides is 1. The Kier molecular flexibility index (Phi) is 4.48. The fraction of sp³-hybridized carbons (Fsp3) is 0.250. The van der Waals surface area contributed by atoms with E-state index in [-0.39, 0.29) is 16.8 Å². The van der Waals surface area contributed by atoms with Gasteiger partial charge in [0.1, 0.15) is 0 Å². The molecule has 0 heterocycles. The Morgan fingerprint density at radius 1 is 1.31 bits per heavy atom. The predicted octanol–water partition coefficient (Wildman–Crippen LogP) is 2.98. The number of alkyl halides is 3. The maximum atomic E-state index is 12.7. The van der Waals surface area contributed by atoms with Crippen molar-refractivity contribution in [3.63, 3.8) is 0 Å². The zero-order valence-corrected chi connectivity index (χ0v) is 11.2. The lowest BCUT2D eigenvalue weighted by atomic mass is 10.2. The SMILES string of the molecule is Cc1ccc(S(=O)(=O)NSC(F)(Cl)Cl)cc1. The molecule has 0 aliphatic carbocycles. The van der Waals surface area contributed by atoms with E-state index in [1.54, 1.807) is 12.1 Å². The van der Waals surface area contributed by atoms with Crippen LogP contribution in [0.3, 0.4) is 0 Å². The highest BCUT2D eigenvalue weighted by Gasteiger charge is 2.27. The van der Waals surface area contributed by atoms with E-state index in [1.165, 1.54) is 12.1 Å². The monoisotopic (exact) mass is 303 g/mol. The third kappa shape index (κ3) is 4.47. The van der Waals surface area contributed by atoms with Gasteiger partial charge in [0.05, 0.1) is 4.90 Å². The summed E-state index contributed by atoms with van der Waals surface area (Å²) in [5, 5.41) is 0. The molecule has 0 bridgehead atoms. The van der Waals surface area contributed by atoms with Crippen molar-refractivity contribution in [2.45, 2.75) is 15.7 Å². The Morgan fingerprint density at radius 3 is 2.25 bits per heavy atom. The molecule has 90 valence electrons. The van der Waals surface area contributed by atoms with Crippen molar-refractivity contribution in [1.82, 2.24) is 4.13 Å². The molecule has 1 aromatic rings. The van der Waals surface area contributed by atoms with Crippen LogP contribution in [-0.2, 0) is 10.0 Å². The molecule has 8 heteroatoms. The molecule has 0 atom stereocenters. The Balaban J connectivity index is 2.83. The van der Waals surface area contributed by atoms with E-state index in [0.29, 0.717) is 0 Å². The first-order valence-electron chi connectivity index (χ1n) is 4.04. The Morgan fingerprint density at radius 2 is 1.81 bits per heavy atom. The lowest BCUT2D eigenvalue weighted by molar-refractivity contribution is 0.514. The molecule has 0 spiro atoms. The van der Waals surface area contributed by atoms with E-state index in [4.69, 9.17) is 23.2 Å². The van der Waals surface area contributed by atoms with Gasteiger partial charge < -0.3 is 0 Å². The third-order valence-corrected chi connectivity index (χ3v) is 4.40. The van der Waals surface area contributed by atoms with Gasteiger partial charge in [-0.1, -0.05) is 40.9 Å². The van der Waals surface area contributed by atoms with E-state index in [1.807, 2.05) is 11.1 Å². The van der Waals surface area contributed by atoms with Gasteiger partial charge in [-0.15, -0.1) is 4.13 Å². The van der Waals surface area contributed by atoms with Crippen LogP contribution < -0.4 is 4.13 Å². The molecule has 0 amide bonds. The van der Waals surface area contributed by atoms with Crippen LogP contribution in [0.1, 0.15) is 5.56 Å². The predicted molar refractivity (Wildman–Crippen MR) is 64.6 cm³/mol. The summed E-state index contributed by atoms with van der Waals surface area (Å²) >= 11 is 10.0. The highest BCUT2D eigenvalue weighted by Crippen LogP contribution is 2.34. The van der Waals surface area contributed by atoms with E-state index in [0.717, 1.165) is 5.56 Å². The highest BCUT2D eigenvalue weighted by molar-refractivity contribution is 8.11. The van der Waals surface area contributed by atoms with Gasteiger partial charge in [-0.3, -0.25) is 0 Å².